The van der Waals surface area contributed by atoms with Crippen molar-refractivity contribution in [2.24, 2.45) is 0 Å². The third-order valence-corrected chi connectivity index (χ3v) is 0. The molecule has 0 spiro atoms. The van der Waals surface area contributed by atoms with Gasteiger partial charge in [0.2, 0.25) is 0 Å². The van der Waals surface area contributed by atoms with Gasteiger partial charge in [-0.05, 0) is 0 Å². The summed E-state index contributed by atoms with van der Waals surface area (Å²) in [6.07, 6.45) is -3.67. The van der Waals surface area contributed by atoms with Gasteiger partial charge in [-0.3, -0.25) is 0 Å². The molecule has 0 unspecified atom stereocenters. The van der Waals surface area contributed by atoms with Crippen LogP contribution in [0.3, 0.4) is 0 Å². The van der Waals surface area contributed by atoms with E-state index in [9.17, 15) is 0 Å². The van der Waals surface area contributed by atoms with Gasteiger partial charge in [-0.2, -0.15) is 0 Å². The summed E-state index contributed by atoms with van der Waals surface area (Å²) in [6, 6.07) is 0. The second-order valence-electron chi connectivity index (χ2n) is 0.565. The Labute approximate surface area is 99.6 Å². The Morgan fingerprint density at radius 2 is 0.900 bits per heavy atom. The summed E-state index contributed by atoms with van der Waals surface area (Å²) in [7, 11) is 0. The van der Waals surface area contributed by atoms with Crippen molar-refractivity contribution in [1.29, 1.82) is 0 Å². The van der Waals surface area contributed by atoms with E-state index < -0.39 is 12.3 Å². The first-order valence-electron chi connectivity index (χ1n) is 1.30. The van der Waals surface area contributed by atoms with E-state index in [1.807, 2.05) is 0 Å². The molecule has 0 aliphatic carbocycles. The van der Waals surface area contributed by atoms with Gasteiger partial charge in [0, 0.05) is 17.4 Å². The number of rotatable bonds is 0. The fraction of sp³-hybridized carbons (Fsp3) is 0. The minimum Gasteiger partial charge on any atom is -1.00 e. The molecule has 0 radical (unpaired) electrons. The van der Waals surface area contributed by atoms with Gasteiger partial charge < -0.3 is 23.3 Å². The molecule has 0 aromatic heterocycles. The van der Waals surface area contributed by atoms with E-state index in [0.717, 1.165) is 0 Å². The topological polar surface area (TPSA) is 115 Å². The average Bonchev–Trinajstić information content (AvgIpc) is 1.25. The Morgan fingerprint density at radius 3 is 0.900 bits per heavy atom. The smallest absolute Gasteiger partial charge is 1.00 e. The van der Waals surface area contributed by atoms with Crippen molar-refractivity contribution in [3.63, 3.8) is 0 Å². The van der Waals surface area contributed by atoms with Gasteiger partial charge in [0.25, 0.3) is 0 Å². The first-order chi connectivity index (χ1) is 3.46. The molecule has 0 aromatic rings. The zero-order valence-corrected chi connectivity index (χ0v) is 8.20. The SMILES string of the molecule is O=C(O)O.O=C(O)O.[Ca+2].[Cr].[H-].[H-]. The fourth-order valence-corrected chi connectivity index (χ4v) is 0. The zero-order valence-electron chi connectivity index (χ0n) is 6.72. The van der Waals surface area contributed by atoms with E-state index in [4.69, 9.17) is 30.0 Å². The molecule has 8 heteroatoms. The van der Waals surface area contributed by atoms with Crippen molar-refractivity contribution in [2.45, 2.75) is 0 Å². The average molecular weight is 218 g/mol. The number of carboxylic acid groups (broad SMARTS) is 4. The van der Waals surface area contributed by atoms with E-state index in [-0.39, 0.29) is 58.0 Å². The summed E-state index contributed by atoms with van der Waals surface area (Å²) in [6.45, 7) is 0. The minimum atomic E-state index is -1.83. The quantitative estimate of drug-likeness (QED) is 0.434. The molecular weight excluding hydrogens is 212 g/mol. The third kappa shape index (κ3) is 4060. The first kappa shape index (κ1) is 22.4. The summed E-state index contributed by atoms with van der Waals surface area (Å²) in [5, 5.41) is 27.9. The van der Waals surface area contributed by atoms with Crippen LogP contribution in [0.2, 0.25) is 0 Å². The van der Waals surface area contributed by atoms with Crippen molar-refractivity contribution < 1.29 is 50.2 Å². The van der Waals surface area contributed by atoms with Crippen LogP contribution in [-0.4, -0.2) is 70.5 Å². The van der Waals surface area contributed by atoms with Crippen LogP contribution in [0, 0.1) is 0 Å². The number of hydrogen-bond acceptors (Lipinski definition) is 2. The van der Waals surface area contributed by atoms with Gasteiger partial charge in [0.15, 0.2) is 0 Å². The van der Waals surface area contributed by atoms with E-state index >= 15 is 0 Å². The summed E-state index contributed by atoms with van der Waals surface area (Å²) in [4.78, 5) is 17.1. The fourth-order valence-electron chi connectivity index (χ4n) is 0. The standard InChI is InChI=1S/2CH2O3.Ca.Cr.2H/c2*2-1(3)4;;;;/h2*(H2,2,3,4);;;;/q;;+2;;2*-1. The van der Waals surface area contributed by atoms with E-state index in [2.05, 4.69) is 0 Å². The van der Waals surface area contributed by atoms with Crippen LogP contribution < -0.4 is 0 Å². The second-order valence-corrected chi connectivity index (χ2v) is 0.565. The van der Waals surface area contributed by atoms with Crippen LogP contribution >= 0.6 is 0 Å². The maximum Gasteiger partial charge on any atom is 2.00 e. The van der Waals surface area contributed by atoms with E-state index in [1.54, 1.807) is 0 Å². The van der Waals surface area contributed by atoms with Gasteiger partial charge in [-0.25, -0.2) is 9.59 Å². The Bertz CT molecular complexity index is 81.5. The monoisotopic (exact) mass is 218 g/mol. The Kier molecular flexibility index (Phi) is 36.3. The predicted octanol–water partition coefficient (Wildman–Crippen LogP) is 0.287. The van der Waals surface area contributed by atoms with Crippen molar-refractivity contribution >= 4 is 50.0 Å². The van der Waals surface area contributed by atoms with Gasteiger partial charge in [0.1, 0.15) is 0 Å². The molecule has 0 aliphatic heterocycles. The van der Waals surface area contributed by atoms with Crippen LogP contribution in [0.15, 0.2) is 0 Å². The van der Waals surface area contributed by atoms with Gasteiger partial charge in [0.05, 0.1) is 0 Å². The Morgan fingerprint density at radius 1 is 0.900 bits per heavy atom. The van der Waals surface area contributed by atoms with Crippen molar-refractivity contribution in [3.05, 3.63) is 0 Å². The molecular formula is C2H6CaCrO6. The molecule has 0 aliphatic rings. The molecule has 0 aromatic carbocycles. The molecule has 6 nitrogen and oxygen atoms in total. The van der Waals surface area contributed by atoms with Crippen molar-refractivity contribution in [3.8, 4) is 0 Å². The van der Waals surface area contributed by atoms with Gasteiger partial charge in [-0.1, -0.05) is 0 Å². The Balaban J connectivity index is -0.0000000112. The molecule has 0 amide bonds. The minimum absolute atomic E-state index is 0. The van der Waals surface area contributed by atoms with Crippen LogP contribution in [0.4, 0.5) is 9.59 Å². The zero-order chi connectivity index (χ0) is 7.15. The van der Waals surface area contributed by atoms with E-state index in [0.29, 0.717) is 0 Å². The molecule has 0 atom stereocenters. The van der Waals surface area contributed by atoms with Crippen molar-refractivity contribution in [1.82, 2.24) is 0 Å². The molecule has 4 N–H and O–H groups in total. The van der Waals surface area contributed by atoms with Crippen LogP contribution in [0.25, 0.3) is 0 Å². The maximum absolute atomic E-state index is 8.56. The largest absolute Gasteiger partial charge is 2.00 e. The van der Waals surface area contributed by atoms with Gasteiger partial charge >= 0.3 is 50.0 Å². The van der Waals surface area contributed by atoms with Gasteiger partial charge in [-0.15, -0.1) is 0 Å². The summed E-state index contributed by atoms with van der Waals surface area (Å²) >= 11 is 0. The molecule has 0 fully saturated rings. The second kappa shape index (κ2) is 16.2. The Hall–Kier alpha value is 0.332. The molecule has 10 heavy (non-hydrogen) atoms. The van der Waals surface area contributed by atoms with Crippen LogP contribution in [0.1, 0.15) is 2.85 Å². The molecule has 0 bridgehead atoms. The van der Waals surface area contributed by atoms with Crippen molar-refractivity contribution in [2.75, 3.05) is 0 Å². The molecule has 0 heterocycles. The molecule has 0 saturated carbocycles. The molecule has 58 valence electrons. The van der Waals surface area contributed by atoms with E-state index in [1.165, 1.54) is 0 Å². The molecule has 0 rings (SSSR count). The summed E-state index contributed by atoms with van der Waals surface area (Å²) in [5.74, 6) is 0. The third-order valence-electron chi connectivity index (χ3n) is 0. The normalized spacial score (nSPS) is 4.80. The van der Waals surface area contributed by atoms with Crippen LogP contribution in [-0.2, 0) is 17.4 Å². The summed E-state index contributed by atoms with van der Waals surface area (Å²) in [5.41, 5.74) is 0. The summed E-state index contributed by atoms with van der Waals surface area (Å²) < 4.78 is 0. The first-order valence-corrected chi connectivity index (χ1v) is 1.30. The maximum atomic E-state index is 8.56. The number of carbonyl (C=O) groups is 2. The van der Waals surface area contributed by atoms with Crippen LogP contribution in [0.5, 0.6) is 0 Å². The number of hydrogen-bond donors (Lipinski definition) is 4. The molecule has 0 saturated heterocycles. The predicted molar refractivity (Wildman–Crippen MR) is 29.3 cm³/mol.